The Balaban J connectivity index is 1.64. The van der Waals surface area contributed by atoms with E-state index in [9.17, 15) is 19.5 Å². The number of likely N-dealkylation sites (tertiary alicyclic amines) is 1. The van der Waals surface area contributed by atoms with Crippen LogP contribution in [0.25, 0.3) is 0 Å². The number of anilines is 1. The number of amides is 2. The molecule has 3 aliphatic heterocycles. The number of aliphatic hydroxyl groups is 1. The topological polar surface area (TPSA) is 96.4 Å². The van der Waals surface area contributed by atoms with Gasteiger partial charge in [-0.1, -0.05) is 54.9 Å². The zero-order chi connectivity index (χ0) is 29.4. The van der Waals surface area contributed by atoms with Crippen molar-refractivity contribution in [2.75, 3.05) is 24.7 Å². The van der Waals surface area contributed by atoms with Crippen LogP contribution in [0.2, 0.25) is 5.02 Å². The van der Waals surface area contributed by atoms with Crippen molar-refractivity contribution in [2.24, 2.45) is 11.8 Å². The first-order chi connectivity index (χ1) is 19.8. The summed E-state index contributed by atoms with van der Waals surface area (Å²) in [4.78, 5) is 45.8. The zero-order valence-corrected chi connectivity index (χ0v) is 24.3. The third-order valence-corrected chi connectivity index (χ3v) is 9.28. The van der Waals surface area contributed by atoms with Crippen molar-refractivity contribution in [3.8, 4) is 0 Å². The van der Waals surface area contributed by atoms with E-state index >= 15 is 0 Å². The van der Waals surface area contributed by atoms with Gasteiger partial charge in [0, 0.05) is 17.3 Å². The highest BCUT2D eigenvalue weighted by molar-refractivity contribution is 6.30. The summed E-state index contributed by atoms with van der Waals surface area (Å²) in [6, 6.07) is 14.6. The van der Waals surface area contributed by atoms with E-state index in [1.807, 2.05) is 37.3 Å². The van der Waals surface area contributed by atoms with Crippen molar-refractivity contribution in [1.29, 1.82) is 0 Å². The Kier molecular flexibility index (Phi) is 8.28. The molecule has 0 radical (unpaired) electrons. The molecule has 218 valence electrons. The molecule has 5 rings (SSSR count). The monoisotopic (exact) mass is 580 g/mol. The molecule has 8 nitrogen and oxygen atoms in total. The summed E-state index contributed by atoms with van der Waals surface area (Å²) in [6.45, 7) is 7.52. The molecule has 6 atom stereocenters. The fraction of sp³-hybridized carbons (Fsp3) is 0.469. The lowest BCUT2D eigenvalue weighted by atomic mass is 9.65. The van der Waals surface area contributed by atoms with Crippen molar-refractivity contribution in [2.45, 2.75) is 62.8 Å². The summed E-state index contributed by atoms with van der Waals surface area (Å²) < 4.78 is 12.3. The fourth-order valence-electron chi connectivity index (χ4n) is 7.28. The Morgan fingerprint density at radius 1 is 1.20 bits per heavy atom. The van der Waals surface area contributed by atoms with E-state index in [-0.39, 0.29) is 31.6 Å². The maximum atomic E-state index is 14.7. The molecule has 2 aromatic carbocycles. The first-order valence-electron chi connectivity index (χ1n) is 14.3. The number of ether oxygens (including phenoxy) is 2. The van der Waals surface area contributed by atoms with Crippen LogP contribution < -0.4 is 4.90 Å². The molecule has 2 amide bonds. The van der Waals surface area contributed by atoms with E-state index in [0.717, 1.165) is 5.56 Å². The second kappa shape index (κ2) is 11.6. The summed E-state index contributed by atoms with van der Waals surface area (Å²) in [6.07, 6.45) is 3.43. The van der Waals surface area contributed by atoms with E-state index < -0.39 is 41.1 Å². The van der Waals surface area contributed by atoms with Crippen LogP contribution in [-0.2, 0) is 30.3 Å². The third-order valence-electron chi connectivity index (χ3n) is 9.03. The van der Waals surface area contributed by atoms with Crippen molar-refractivity contribution in [1.82, 2.24) is 4.90 Å². The van der Waals surface area contributed by atoms with E-state index in [1.165, 1.54) is 4.90 Å². The van der Waals surface area contributed by atoms with E-state index in [0.29, 0.717) is 36.4 Å². The Morgan fingerprint density at radius 3 is 2.51 bits per heavy atom. The van der Waals surface area contributed by atoms with Crippen LogP contribution in [-0.4, -0.2) is 70.8 Å². The quantitative estimate of drug-likeness (QED) is 0.316. The van der Waals surface area contributed by atoms with Crippen LogP contribution in [0.3, 0.4) is 0 Å². The molecule has 3 saturated heterocycles. The summed E-state index contributed by atoms with van der Waals surface area (Å²) in [5.41, 5.74) is -0.625. The molecule has 1 N–H and O–H groups in total. The van der Waals surface area contributed by atoms with Gasteiger partial charge < -0.3 is 24.4 Å². The van der Waals surface area contributed by atoms with Gasteiger partial charge in [0.1, 0.15) is 17.6 Å². The van der Waals surface area contributed by atoms with Gasteiger partial charge in [0.2, 0.25) is 5.91 Å². The summed E-state index contributed by atoms with van der Waals surface area (Å²) in [7, 11) is 0. The first-order valence-corrected chi connectivity index (χ1v) is 14.7. The number of hydrogen-bond donors (Lipinski definition) is 1. The van der Waals surface area contributed by atoms with Crippen molar-refractivity contribution >= 4 is 35.1 Å². The van der Waals surface area contributed by atoms with E-state index in [4.69, 9.17) is 21.1 Å². The molecular formula is C32H37ClN2O6. The standard InChI is InChI=1S/C32H37ClN2O6/c1-4-18-34(23-14-12-22(33)13-15-23)29(38)27-32-17-16-31(5-2,41-32)26(30(39)40-6-3)25(32)28(37)35(27)24(20-36)19-21-10-8-7-9-11-21/h4,7-15,24-27,36H,1,5-6,16-20H2,2-3H3/t24-,25+,26+,27?,31-,32?/m1/s1. The van der Waals surface area contributed by atoms with Crippen LogP contribution in [0, 0.1) is 11.8 Å². The molecule has 2 aromatic rings. The zero-order valence-electron chi connectivity index (χ0n) is 23.5. The number of nitrogens with zero attached hydrogens (tertiary/aromatic N) is 2. The van der Waals surface area contributed by atoms with Crippen LogP contribution >= 0.6 is 11.6 Å². The average molecular weight is 581 g/mol. The van der Waals surface area contributed by atoms with Crippen LogP contribution in [0.4, 0.5) is 5.69 Å². The number of hydrogen-bond acceptors (Lipinski definition) is 6. The molecular weight excluding hydrogens is 544 g/mol. The Labute approximate surface area is 245 Å². The lowest BCUT2D eigenvalue weighted by molar-refractivity contribution is -0.161. The smallest absolute Gasteiger partial charge is 0.312 e. The predicted octanol–water partition coefficient (Wildman–Crippen LogP) is 4.18. The second-order valence-electron chi connectivity index (χ2n) is 11.1. The third kappa shape index (κ3) is 4.76. The largest absolute Gasteiger partial charge is 0.466 e. The van der Waals surface area contributed by atoms with E-state index in [2.05, 4.69) is 6.58 Å². The molecule has 9 heteroatoms. The van der Waals surface area contributed by atoms with Crippen molar-refractivity contribution < 1.29 is 29.0 Å². The van der Waals surface area contributed by atoms with Gasteiger partial charge in [-0.05, 0) is 62.4 Å². The molecule has 3 aliphatic rings. The number of rotatable bonds is 11. The molecule has 3 heterocycles. The molecule has 41 heavy (non-hydrogen) atoms. The SMILES string of the molecule is C=CCN(C(=O)C1N([C@@H](CO)Cc2ccccc2)C(=O)[C@@H]2[C@@H](C(=O)OCC)[C@@]3(CC)CCC12O3)c1ccc(Cl)cc1. The lowest BCUT2D eigenvalue weighted by Crippen LogP contribution is -2.59. The normalized spacial score (nSPS) is 28.8. The predicted molar refractivity (Wildman–Crippen MR) is 155 cm³/mol. The van der Waals surface area contributed by atoms with Gasteiger partial charge in [-0.25, -0.2) is 0 Å². The molecule has 2 unspecified atom stereocenters. The Morgan fingerprint density at radius 2 is 1.90 bits per heavy atom. The molecule has 3 fully saturated rings. The Hall–Kier alpha value is -3.20. The summed E-state index contributed by atoms with van der Waals surface area (Å²) in [5.74, 6) is -2.93. The minimum atomic E-state index is -1.24. The van der Waals surface area contributed by atoms with Gasteiger partial charge in [0.15, 0.2) is 0 Å². The van der Waals surface area contributed by atoms with Crippen LogP contribution in [0.5, 0.6) is 0 Å². The highest BCUT2D eigenvalue weighted by Gasteiger charge is 2.79. The number of carbonyl (C=O) groups is 3. The molecule has 0 saturated carbocycles. The van der Waals surface area contributed by atoms with Gasteiger partial charge in [-0.3, -0.25) is 14.4 Å². The number of benzene rings is 2. The number of halogens is 1. The number of carbonyl (C=O) groups excluding carboxylic acids is 3. The minimum absolute atomic E-state index is 0.173. The molecule has 2 bridgehead atoms. The molecule has 1 spiro atoms. The highest BCUT2D eigenvalue weighted by atomic mass is 35.5. The maximum absolute atomic E-state index is 14.7. The van der Waals surface area contributed by atoms with Gasteiger partial charge >= 0.3 is 5.97 Å². The average Bonchev–Trinajstić information content (AvgIpc) is 3.59. The van der Waals surface area contributed by atoms with Crippen LogP contribution in [0.15, 0.2) is 67.3 Å². The van der Waals surface area contributed by atoms with Crippen molar-refractivity contribution in [3.05, 3.63) is 77.8 Å². The first kappa shape index (κ1) is 29.3. The second-order valence-corrected chi connectivity index (χ2v) is 11.5. The Bertz CT molecular complexity index is 1300. The molecule has 0 aromatic heterocycles. The lowest BCUT2D eigenvalue weighted by Gasteiger charge is -2.39. The number of fused-ring (bicyclic) bond motifs is 1. The van der Waals surface area contributed by atoms with Crippen molar-refractivity contribution in [3.63, 3.8) is 0 Å². The fourth-order valence-corrected chi connectivity index (χ4v) is 7.40. The summed E-state index contributed by atoms with van der Waals surface area (Å²) >= 11 is 6.14. The molecule has 0 aliphatic carbocycles. The highest BCUT2D eigenvalue weighted by Crippen LogP contribution is 2.65. The van der Waals surface area contributed by atoms with Gasteiger partial charge in [-0.2, -0.15) is 0 Å². The van der Waals surface area contributed by atoms with Gasteiger partial charge in [0.05, 0.1) is 30.8 Å². The van der Waals surface area contributed by atoms with Gasteiger partial charge in [0.25, 0.3) is 5.91 Å². The van der Waals surface area contributed by atoms with Crippen LogP contribution in [0.1, 0.15) is 38.7 Å². The maximum Gasteiger partial charge on any atom is 0.312 e. The summed E-state index contributed by atoms with van der Waals surface area (Å²) in [5, 5.41) is 11.2. The minimum Gasteiger partial charge on any atom is -0.466 e. The number of aliphatic hydroxyl groups excluding tert-OH is 1. The van der Waals surface area contributed by atoms with Gasteiger partial charge in [-0.15, -0.1) is 6.58 Å². The van der Waals surface area contributed by atoms with E-state index in [1.54, 1.807) is 42.2 Å². The number of esters is 1.